The van der Waals surface area contributed by atoms with Gasteiger partial charge in [0.1, 0.15) is 25.1 Å². The zero-order valence-corrected chi connectivity index (χ0v) is 19.7. The van der Waals surface area contributed by atoms with Crippen LogP contribution < -0.4 is 9.47 Å². The van der Waals surface area contributed by atoms with E-state index in [1.165, 1.54) is 12.1 Å². The van der Waals surface area contributed by atoms with Crippen molar-refractivity contribution in [2.24, 2.45) is 5.92 Å². The van der Waals surface area contributed by atoms with E-state index >= 15 is 0 Å². The Balaban J connectivity index is 1.06. The van der Waals surface area contributed by atoms with Crippen LogP contribution in [0.3, 0.4) is 0 Å². The molecule has 3 heterocycles. The molecule has 2 aromatic carbocycles. The first kappa shape index (κ1) is 23.4. The molecule has 0 aliphatic carbocycles. The maximum Gasteiger partial charge on any atom is 0.410 e. The monoisotopic (exact) mass is 479 g/mol. The molecule has 3 aliphatic rings. The number of nitrogens with zero attached hydrogens (tertiary/aromatic N) is 3. The number of carbonyl (C=O) groups excluding carboxylic acids is 1. The SMILES string of the molecule is N#Cc1ccc2c(c1)O[C@@H](CN1CCC(CCN3C(=O)OC[C@@H]3Cc3ccc(F)cc3)CC1)CO2. The molecule has 35 heavy (non-hydrogen) atoms. The van der Waals surface area contributed by atoms with Gasteiger partial charge in [-0.3, -0.25) is 4.90 Å². The average Bonchev–Trinajstić information content (AvgIpc) is 3.23. The van der Waals surface area contributed by atoms with Crippen molar-refractivity contribution in [2.75, 3.05) is 39.4 Å². The molecule has 2 atom stereocenters. The van der Waals surface area contributed by atoms with E-state index in [9.17, 15) is 9.18 Å². The number of piperidine rings is 1. The maximum atomic E-state index is 13.2. The largest absolute Gasteiger partial charge is 0.486 e. The Labute approximate surface area is 205 Å². The standard InChI is InChI=1S/C27H30FN3O4/c28-22-4-1-20(2-5-22)13-23-17-34-27(32)31(23)12-9-19-7-10-30(11-8-19)16-24-18-33-25-6-3-21(15-29)14-26(25)35-24/h1-6,14,19,23-24H,7-13,16-18H2/t23-,24-/m0/s1. The fourth-order valence-corrected chi connectivity index (χ4v) is 5.17. The van der Waals surface area contributed by atoms with Gasteiger partial charge in [-0.25, -0.2) is 9.18 Å². The van der Waals surface area contributed by atoms with Gasteiger partial charge >= 0.3 is 6.09 Å². The zero-order valence-electron chi connectivity index (χ0n) is 19.7. The number of carbonyl (C=O) groups is 1. The Hall–Kier alpha value is -3.31. The van der Waals surface area contributed by atoms with Gasteiger partial charge in [-0.05, 0) is 74.5 Å². The summed E-state index contributed by atoms with van der Waals surface area (Å²) in [7, 11) is 0. The average molecular weight is 480 g/mol. The van der Waals surface area contributed by atoms with Crippen molar-refractivity contribution in [2.45, 2.75) is 37.8 Å². The first-order chi connectivity index (χ1) is 17.1. The van der Waals surface area contributed by atoms with Crippen molar-refractivity contribution >= 4 is 6.09 Å². The summed E-state index contributed by atoms with van der Waals surface area (Å²) in [5.74, 6) is 1.64. The minimum Gasteiger partial charge on any atom is -0.486 e. The van der Waals surface area contributed by atoms with Crippen LogP contribution in [0.1, 0.15) is 30.4 Å². The summed E-state index contributed by atoms with van der Waals surface area (Å²) in [6, 6.07) is 13.9. The van der Waals surface area contributed by atoms with Crippen LogP contribution in [0.5, 0.6) is 11.5 Å². The second-order valence-corrected chi connectivity index (χ2v) is 9.61. The van der Waals surface area contributed by atoms with E-state index in [-0.39, 0.29) is 24.1 Å². The van der Waals surface area contributed by atoms with E-state index in [2.05, 4.69) is 11.0 Å². The Morgan fingerprint density at radius 1 is 1.03 bits per heavy atom. The second-order valence-electron chi connectivity index (χ2n) is 9.61. The lowest BCUT2D eigenvalue weighted by atomic mass is 9.93. The first-order valence-electron chi connectivity index (χ1n) is 12.3. The van der Waals surface area contributed by atoms with Crippen molar-refractivity contribution in [3.05, 3.63) is 59.4 Å². The molecule has 0 radical (unpaired) electrons. The van der Waals surface area contributed by atoms with Crippen LogP contribution in [0.25, 0.3) is 0 Å². The normalized spacial score (nSPS) is 22.6. The molecule has 184 valence electrons. The summed E-state index contributed by atoms with van der Waals surface area (Å²) in [6.45, 7) is 4.34. The van der Waals surface area contributed by atoms with Gasteiger partial charge < -0.3 is 19.1 Å². The quantitative estimate of drug-likeness (QED) is 0.598. The van der Waals surface area contributed by atoms with Gasteiger partial charge in [0.05, 0.1) is 17.7 Å². The van der Waals surface area contributed by atoms with Gasteiger partial charge in [0.2, 0.25) is 0 Å². The lowest BCUT2D eigenvalue weighted by Crippen LogP contribution is -2.44. The number of likely N-dealkylation sites (tertiary alicyclic amines) is 1. The highest BCUT2D eigenvalue weighted by Crippen LogP contribution is 2.33. The third-order valence-electron chi connectivity index (χ3n) is 7.20. The van der Waals surface area contributed by atoms with Gasteiger partial charge in [-0.2, -0.15) is 5.26 Å². The van der Waals surface area contributed by atoms with Gasteiger partial charge in [-0.1, -0.05) is 12.1 Å². The molecule has 1 amide bonds. The van der Waals surface area contributed by atoms with E-state index in [0.717, 1.165) is 44.5 Å². The number of fused-ring (bicyclic) bond motifs is 1. The number of benzene rings is 2. The summed E-state index contributed by atoms with van der Waals surface area (Å²) >= 11 is 0. The van der Waals surface area contributed by atoms with Gasteiger partial charge in [0.25, 0.3) is 0 Å². The Morgan fingerprint density at radius 2 is 1.83 bits per heavy atom. The van der Waals surface area contributed by atoms with E-state index < -0.39 is 0 Å². The lowest BCUT2D eigenvalue weighted by molar-refractivity contribution is 0.0465. The number of amides is 1. The van der Waals surface area contributed by atoms with Crippen LogP contribution in [-0.2, 0) is 11.2 Å². The molecule has 0 saturated carbocycles. The molecular weight excluding hydrogens is 449 g/mol. The summed E-state index contributed by atoms with van der Waals surface area (Å²) < 4.78 is 30.4. The van der Waals surface area contributed by atoms with Gasteiger partial charge in [-0.15, -0.1) is 0 Å². The van der Waals surface area contributed by atoms with Gasteiger partial charge in [0.15, 0.2) is 11.5 Å². The Morgan fingerprint density at radius 3 is 2.60 bits per heavy atom. The molecule has 0 N–H and O–H groups in total. The minimum absolute atomic E-state index is 0.000859. The molecule has 0 bridgehead atoms. The fraction of sp³-hybridized carbons (Fsp3) is 0.481. The van der Waals surface area contributed by atoms with Crippen molar-refractivity contribution in [3.8, 4) is 17.6 Å². The smallest absolute Gasteiger partial charge is 0.410 e. The van der Waals surface area contributed by atoms with Crippen LogP contribution in [0.2, 0.25) is 0 Å². The molecule has 3 aliphatic heterocycles. The fourth-order valence-electron chi connectivity index (χ4n) is 5.17. The number of hydrogen-bond donors (Lipinski definition) is 0. The maximum absolute atomic E-state index is 13.2. The van der Waals surface area contributed by atoms with Crippen molar-refractivity contribution in [1.82, 2.24) is 9.80 Å². The second kappa shape index (κ2) is 10.5. The topological polar surface area (TPSA) is 75.0 Å². The molecule has 5 rings (SSSR count). The summed E-state index contributed by atoms with van der Waals surface area (Å²) in [6.07, 6.45) is 3.48. The van der Waals surface area contributed by atoms with Crippen molar-refractivity contribution in [1.29, 1.82) is 5.26 Å². The number of nitriles is 1. The molecule has 0 spiro atoms. The van der Waals surface area contributed by atoms with Gasteiger partial charge in [0, 0.05) is 19.2 Å². The predicted octanol–water partition coefficient (Wildman–Crippen LogP) is 4.00. The van der Waals surface area contributed by atoms with Crippen LogP contribution in [-0.4, -0.2) is 67.4 Å². The van der Waals surface area contributed by atoms with Crippen molar-refractivity contribution < 1.29 is 23.4 Å². The number of ether oxygens (including phenoxy) is 3. The third-order valence-corrected chi connectivity index (χ3v) is 7.20. The Bertz CT molecular complexity index is 1080. The molecule has 7 nitrogen and oxygen atoms in total. The highest BCUT2D eigenvalue weighted by atomic mass is 19.1. The first-order valence-corrected chi connectivity index (χ1v) is 12.3. The highest BCUT2D eigenvalue weighted by Gasteiger charge is 2.34. The summed E-state index contributed by atoms with van der Waals surface area (Å²) in [4.78, 5) is 16.5. The molecule has 2 aromatic rings. The molecule has 0 unspecified atom stereocenters. The van der Waals surface area contributed by atoms with E-state index in [1.807, 2.05) is 4.90 Å². The summed E-state index contributed by atoms with van der Waals surface area (Å²) in [5, 5.41) is 9.11. The van der Waals surface area contributed by atoms with Crippen LogP contribution in [0, 0.1) is 23.1 Å². The van der Waals surface area contributed by atoms with Crippen molar-refractivity contribution in [3.63, 3.8) is 0 Å². The van der Waals surface area contributed by atoms with E-state index in [0.29, 0.717) is 49.2 Å². The van der Waals surface area contributed by atoms with E-state index in [1.54, 1.807) is 30.3 Å². The molecular formula is C27H30FN3O4. The highest BCUT2D eigenvalue weighted by molar-refractivity contribution is 5.70. The molecule has 2 fully saturated rings. The number of rotatable bonds is 7. The van der Waals surface area contributed by atoms with E-state index in [4.69, 9.17) is 19.5 Å². The zero-order chi connectivity index (χ0) is 24.2. The number of halogens is 1. The predicted molar refractivity (Wildman–Crippen MR) is 127 cm³/mol. The summed E-state index contributed by atoms with van der Waals surface area (Å²) in [5.41, 5.74) is 1.57. The van der Waals surface area contributed by atoms with Crippen LogP contribution in [0.4, 0.5) is 9.18 Å². The molecule has 0 aromatic heterocycles. The Kier molecular flexibility index (Phi) is 7.05. The lowest BCUT2D eigenvalue weighted by Gasteiger charge is -2.36. The number of cyclic esters (lactones) is 1. The number of hydrogen-bond acceptors (Lipinski definition) is 6. The third kappa shape index (κ3) is 5.68. The molecule has 8 heteroatoms. The molecule has 2 saturated heterocycles. The van der Waals surface area contributed by atoms with Crippen LogP contribution >= 0.6 is 0 Å². The minimum atomic E-state index is -0.253. The van der Waals surface area contributed by atoms with Crippen LogP contribution in [0.15, 0.2) is 42.5 Å².